The van der Waals surface area contributed by atoms with E-state index in [9.17, 15) is 5.11 Å². The van der Waals surface area contributed by atoms with Crippen LogP contribution in [-0.4, -0.2) is 37.7 Å². The van der Waals surface area contributed by atoms with Gasteiger partial charge >= 0.3 is 0 Å². The van der Waals surface area contributed by atoms with Crippen molar-refractivity contribution in [3.8, 4) is 0 Å². The number of hydrogen-bond acceptors (Lipinski definition) is 3. The number of dihydropyridines is 1. The fourth-order valence-electron chi connectivity index (χ4n) is 2.14. The van der Waals surface area contributed by atoms with Crippen molar-refractivity contribution in [2.24, 2.45) is 0 Å². The van der Waals surface area contributed by atoms with Gasteiger partial charge in [-0.15, -0.1) is 0 Å². The Morgan fingerprint density at radius 2 is 2.29 bits per heavy atom. The van der Waals surface area contributed by atoms with Crippen LogP contribution in [0.25, 0.3) is 0 Å². The number of nitrogens with zero attached hydrogens (tertiary/aromatic N) is 1. The predicted octanol–water partition coefficient (Wildman–Crippen LogP) is 1.80. The number of likely N-dealkylation sites (N-methyl/N-ethyl adjacent to an activating group) is 1. The molecule has 1 unspecified atom stereocenters. The van der Waals surface area contributed by atoms with Crippen LogP contribution in [0.4, 0.5) is 0 Å². The van der Waals surface area contributed by atoms with Crippen molar-refractivity contribution in [2.45, 2.75) is 33.3 Å². The molecule has 0 aliphatic carbocycles. The molecule has 2 heterocycles. The van der Waals surface area contributed by atoms with Crippen molar-refractivity contribution in [1.29, 1.82) is 0 Å². The Morgan fingerprint density at radius 3 is 2.88 bits per heavy atom. The average Bonchev–Trinajstić information content (AvgIpc) is 2.28. The zero-order valence-electron chi connectivity index (χ0n) is 9.83. The number of aliphatic hydroxyl groups excluding tert-OH is 1. The minimum atomic E-state index is -0.564. The Kier molecular flexibility index (Phi) is 4.46. The average molecular weight is 234 g/mol. The van der Waals surface area contributed by atoms with E-state index in [2.05, 4.69) is 16.3 Å². The molecule has 0 aromatic rings. The summed E-state index contributed by atoms with van der Waals surface area (Å²) in [6, 6.07) is 0. The van der Waals surface area contributed by atoms with Gasteiger partial charge < -0.3 is 15.3 Å². The minimum absolute atomic E-state index is 0. The lowest BCUT2D eigenvalue weighted by atomic mass is 9.92. The standard InChI is InChI=1S/C12H17BN2O.CH4.H2/c1-3-9-5-11-10(14-12(9)16)4-8(6-13)7-15(11)2;;/h4-5,12,14,16H,3,6-7H2,1-2H3;1H4;1H. The predicted molar refractivity (Wildman–Crippen MR) is 74.7 cm³/mol. The van der Waals surface area contributed by atoms with Crippen LogP contribution in [0.2, 0.25) is 6.32 Å². The van der Waals surface area contributed by atoms with Gasteiger partial charge in [0.15, 0.2) is 0 Å². The summed E-state index contributed by atoms with van der Waals surface area (Å²) >= 11 is 0. The van der Waals surface area contributed by atoms with Crippen molar-refractivity contribution >= 4 is 7.85 Å². The summed E-state index contributed by atoms with van der Waals surface area (Å²) in [5.74, 6) is 0. The van der Waals surface area contributed by atoms with Gasteiger partial charge in [-0.1, -0.05) is 26.2 Å². The van der Waals surface area contributed by atoms with E-state index in [4.69, 9.17) is 7.85 Å². The summed E-state index contributed by atoms with van der Waals surface area (Å²) in [6.45, 7) is 2.91. The Labute approximate surface area is 107 Å². The summed E-state index contributed by atoms with van der Waals surface area (Å²) in [6.07, 6.45) is 4.96. The number of hydrogen-bond donors (Lipinski definition) is 2. The second-order valence-electron chi connectivity index (χ2n) is 4.28. The van der Waals surface area contributed by atoms with Crippen molar-refractivity contribution in [1.82, 2.24) is 10.2 Å². The molecule has 0 aromatic heterocycles. The van der Waals surface area contributed by atoms with Crippen molar-refractivity contribution < 1.29 is 6.53 Å². The van der Waals surface area contributed by atoms with Crippen LogP contribution < -0.4 is 5.32 Å². The molecule has 4 heteroatoms. The van der Waals surface area contributed by atoms with Gasteiger partial charge in [-0.3, -0.25) is 0 Å². The van der Waals surface area contributed by atoms with Crippen molar-refractivity contribution in [2.75, 3.05) is 13.6 Å². The van der Waals surface area contributed by atoms with Gasteiger partial charge in [0.1, 0.15) is 6.23 Å². The van der Waals surface area contributed by atoms with Gasteiger partial charge in [-0.05, 0) is 24.1 Å². The van der Waals surface area contributed by atoms with E-state index in [1.165, 1.54) is 5.57 Å². The first kappa shape index (κ1) is 13.9. The first-order valence-corrected chi connectivity index (χ1v) is 5.65. The van der Waals surface area contributed by atoms with Gasteiger partial charge in [-0.2, -0.15) is 0 Å². The fourth-order valence-corrected chi connectivity index (χ4v) is 2.14. The molecule has 0 amide bonds. The zero-order chi connectivity index (χ0) is 11.7. The maximum atomic E-state index is 9.86. The van der Waals surface area contributed by atoms with Gasteiger partial charge in [0.2, 0.25) is 0 Å². The van der Waals surface area contributed by atoms with Crippen LogP contribution in [0.3, 0.4) is 0 Å². The van der Waals surface area contributed by atoms with Crippen LogP contribution in [0, 0.1) is 0 Å². The van der Waals surface area contributed by atoms with Crippen LogP contribution in [0.5, 0.6) is 0 Å². The molecule has 2 rings (SSSR count). The zero-order valence-corrected chi connectivity index (χ0v) is 9.83. The van der Waals surface area contributed by atoms with Crippen LogP contribution in [0.1, 0.15) is 22.2 Å². The number of nitrogens with one attached hydrogen (secondary N) is 1. The molecule has 0 fully saturated rings. The molecule has 17 heavy (non-hydrogen) atoms. The summed E-state index contributed by atoms with van der Waals surface area (Å²) in [5.41, 5.74) is 4.31. The number of allylic oxidation sites excluding steroid dienone is 2. The molecule has 0 saturated carbocycles. The molecule has 2 aliphatic heterocycles. The third-order valence-electron chi connectivity index (χ3n) is 3.11. The second kappa shape index (κ2) is 5.45. The van der Waals surface area contributed by atoms with E-state index in [1.807, 2.05) is 20.0 Å². The monoisotopic (exact) mass is 234 g/mol. The maximum absolute atomic E-state index is 9.86. The Bertz CT molecular complexity index is 390. The highest BCUT2D eigenvalue weighted by Gasteiger charge is 2.23. The molecular weight excluding hydrogens is 211 g/mol. The lowest BCUT2D eigenvalue weighted by Gasteiger charge is -2.34. The molecule has 0 aromatic carbocycles. The van der Waals surface area contributed by atoms with Gasteiger partial charge in [0, 0.05) is 15.0 Å². The summed E-state index contributed by atoms with van der Waals surface area (Å²) in [5, 5.41) is 13.0. The van der Waals surface area contributed by atoms with E-state index in [0.29, 0.717) is 6.32 Å². The minimum Gasteiger partial charge on any atom is -0.370 e. The SMILES string of the molecule is C.[B]CC1=CC2=C(C=C(CC)C(O)N2)N(C)C1.[HH]. The third-order valence-corrected chi connectivity index (χ3v) is 3.11. The lowest BCUT2D eigenvalue weighted by Crippen LogP contribution is -2.38. The molecule has 0 spiro atoms. The maximum Gasteiger partial charge on any atom is 0.147 e. The Hall–Kier alpha value is -1.16. The van der Waals surface area contributed by atoms with Crippen LogP contribution in [-0.2, 0) is 0 Å². The van der Waals surface area contributed by atoms with E-state index in [0.717, 1.165) is 29.9 Å². The molecule has 2 aliphatic rings. The molecular formula is C13H23BN2O. The molecule has 0 saturated heterocycles. The van der Waals surface area contributed by atoms with E-state index in [1.54, 1.807) is 0 Å². The lowest BCUT2D eigenvalue weighted by molar-refractivity contribution is 0.177. The Morgan fingerprint density at radius 1 is 1.59 bits per heavy atom. The molecule has 1 atom stereocenters. The summed E-state index contributed by atoms with van der Waals surface area (Å²) in [4.78, 5) is 2.16. The fraction of sp³-hybridized carbons (Fsp3) is 0.538. The normalized spacial score (nSPS) is 23.2. The van der Waals surface area contributed by atoms with Gasteiger partial charge in [0.25, 0.3) is 0 Å². The molecule has 2 radical (unpaired) electrons. The highest BCUT2D eigenvalue weighted by atomic mass is 16.3. The topological polar surface area (TPSA) is 35.5 Å². The van der Waals surface area contributed by atoms with Gasteiger partial charge in [0.05, 0.1) is 19.2 Å². The highest BCUT2D eigenvalue weighted by Crippen LogP contribution is 2.26. The van der Waals surface area contributed by atoms with E-state index >= 15 is 0 Å². The smallest absolute Gasteiger partial charge is 0.147 e. The molecule has 2 N–H and O–H groups in total. The van der Waals surface area contributed by atoms with Crippen molar-refractivity contribution in [3.63, 3.8) is 0 Å². The first-order valence-electron chi connectivity index (χ1n) is 5.65. The molecule has 94 valence electrons. The summed E-state index contributed by atoms with van der Waals surface area (Å²) in [7, 11) is 7.70. The van der Waals surface area contributed by atoms with E-state index < -0.39 is 6.23 Å². The Balaban J connectivity index is 0.00000144. The number of rotatable bonds is 2. The highest BCUT2D eigenvalue weighted by molar-refractivity contribution is 6.10. The number of aliphatic hydroxyl groups is 1. The van der Waals surface area contributed by atoms with Gasteiger partial charge in [-0.25, -0.2) is 0 Å². The van der Waals surface area contributed by atoms with Crippen LogP contribution >= 0.6 is 0 Å². The molecule has 3 nitrogen and oxygen atoms in total. The van der Waals surface area contributed by atoms with Crippen LogP contribution in [0.15, 0.2) is 34.7 Å². The summed E-state index contributed by atoms with van der Waals surface area (Å²) < 4.78 is 0. The van der Waals surface area contributed by atoms with Crippen molar-refractivity contribution in [3.05, 3.63) is 34.7 Å². The quantitative estimate of drug-likeness (QED) is 0.715. The third kappa shape index (κ3) is 2.57. The molecule has 0 bridgehead atoms. The largest absolute Gasteiger partial charge is 0.370 e. The first-order chi connectivity index (χ1) is 7.65. The van der Waals surface area contributed by atoms with E-state index in [-0.39, 0.29) is 8.85 Å². The second-order valence-corrected chi connectivity index (χ2v) is 4.28.